The van der Waals surface area contributed by atoms with Gasteiger partial charge in [-0.25, -0.2) is 4.98 Å². The lowest BCUT2D eigenvalue weighted by Crippen LogP contribution is -2.38. The summed E-state index contributed by atoms with van der Waals surface area (Å²) in [7, 11) is 3.62. The number of hydrogen-bond donors (Lipinski definition) is 2. The lowest BCUT2D eigenvalue weighted by molar-refractivity contribution is 0.0646. The number of nitrogens with one attached hydrogen (secondary N) is 2. The summed E-state index contributed by atoms with van der Waals surface area (Å²) in [4.78, 5) is 8.36. The molecule has 2 rings (SSSR count). The minimum Gasteiger partial charge on any atom is -0.374 e. The summed E-state index contributed by atoms with van der Waals surface area (Å²) < 4.78 is 7.59. The number of rotatable bonds is 8. The number of aryl methyl sites for hydroxylation is 1. The van der Waals surface area contributed by atoms with E-state index in [1.165, 1.54) is 5.56 Å². The zero-order valence-corrected chi connectivity index (χ0v) is 17.3. The molecule has 1 heterocycles. The van der Waals surface area contributed by atoms with Gasteiger partial charge in [0.15, 0.2) is 5.96 Å². The first-order valence-electron chi connectivity index (χ1n) is 8.14. The summed E-state index contributed by atoms with van der Waals surface area (Å²) in [6.07, 6.45) is 2.56. The molecule has 0 aliphatic carbocycles. The molecule has 1 unspecified atom stereocenters. The van der Waals surface area contributed by atoms with Crippen LogP contribution in [0.5, 0.6) is 0 Å². The summed E-state index contributed by atoms with van der Waals surface area (Å²) in [5, 5.41) is 10.5. The largest absolute Gasteiger partial charge is 0.374 e. The first-order chi connectivity index (χ1) is 11.7. The Morgan fingerprint density at radius 2 is 2.04 bits per heavy atom. The van der Waals surface area contributed by atoms with Crippen LogP contribution in [-0.4, -0.2) is 40.9 Å². The van der Waals surface area contributed by atoms with Gasteiger partial charge in [0, 0.05) is 27.2 Å². The van der Waals surface area contributed by atoms with Gasteiger partial charge in [-0.15, -0.1) is 24.0 Å². The quantitative estimate of drug-likeness (QED) is 0.275. The Balaban J connectivity index is 0.00000312. The molecule has 7 nitrogen and oxygen atoms in total. The van der Waals surface area contributed by atoms with Gasteiger partial charge in [-0.2, -0.15) is 5.10 Å². The van der Waals surface area contributed by atoms with Crippen molar-refractivity contribution in [2.45, 2.75) is 26.0 Å². The molecule has 2 N–H and O–H groups in total. The van der Waals surface area contributed by atoms with E-state index in [-0.39, 0.29) is 30.1 Å². The molecule has 1 aromatic carbocycles. The number of hydrogen-bond acceptors (Lipinski definition) is 4. The van der Waals surface area contributed by atoms with E-state index in [9.17, 15) is 0 Å². The van der Waals surface area contributed by atoms with Crippen LogP contribution in [0.1, 0.15) is 30.8 Å². The maximum absolute atomic E-state index is 5.86. The minimum atomic E-state index is 0. The van der Waals surface area contributed by atoms with Crippen LogP contribution in [0.4, 0.5) is 0 Å². The van der Waals surface area contributed by atoms with Gasteiger partial charge in [0.05, 0.1) is 12.6 Å². The Bertz CT molecular complexity index is 631. The molecule has 0 aliphatic heterocycles. The Kier molecular flexibility index (Phi) is 10.1. The fourth-order valence-electron chi connectivity index (χ4n) is 2.22. The summed E-state index contributed by atoms with van der Waals surface area (Å²) >= 11 is 0. The molecule has 0 fully saturated rings. The molecular weight excluding hydrogens is 431 g/mol. The number of aliphatic imine (C=N–C) groups is 1. The minimum absolute atomic E-state index is 0. The highest BCUT2D eigenvalue weighted by Crippen LogP contribution is 2.15. The van der Waals surface area contributed by atoms with Gasteiger partial charge in [-0.3, -0.25) is 9.67 Å². The molecule has 2 aromatic rings. The Labute approximate surface area is 166 Å². The fourth-order valence-corrected chi connectivity index (χ4v) is 2.22. The second kappa shape index (κ2) is 11.8. The molecule has 0 radical (unpaired) electrons. The SMILES string of the molecule is CN=C(NCCCOC(C)c1ccccc1)NCc1ncnn1C.I. The highest BCUT2D eigenvalue weighted by atomic mass is 127. The van der Waals surface area contributed by atoms with Crippen molar-refractivity contribution in [1.82, 2.24) is 25.4 Å². The number of aromatic nitrogens is 3. The van der Waals surface area contributed by atoms with E-state index in [2.05, 4.69) is 44.8 Å². The van der Waals surface area contributed by atoms with Gasteiger partial charge in [0.2, 0.25) is 0 Å². The van der Waals surface area contributed by atoms with Crippen molar-refractivity contribution < 1.29 is 4.74 Å². The number of guanidine groups is 1. The van der Waals surface area contributed by atoms with Crippen molar-refractivity contribution in [3.8, 4) is 0 Å². The predicted molar refractivity (Wildman–Crippen MR) is 110 cm³/mol. The van der Waals surface area contributed by atoms with E-state index in [0.29, 0.717) is 13.2 Å². The van der Waals surface area contributed by atoms with Crippen molar-refractivity contribution in [3.63, 3.8) is 0 Å². The number of nitrogens with zero attached hydrogens (tertiary/aromatic N) is 4. The molecular formula is C17H27IN6O. The molecule has 0 amide bonds. The summed E-state index contributed by atoms with van der Waals surface area (Å²) in [5.74, 6) is 1.60. The first kappa shape index (κ1) is 21.4. The molecule has 0 aliphatic rings. The zero-order valence-electron chi connectivity index (χ0n) is 15.0. The lowest BCUT2D eigenvalue weighted by atomic mass is 10.1. The molecule has 0 saturated heterocycles. The van der Waals surface area contributed by atoms with Crippen LogP contribution in [0.25, 0.3) is 0 Å². The molecule has 1 aromatic heterocycles. The molecule has 0 bridgehead atoms. The Morgan fingerprint density at radius 1 is 1.28 bits per heavy atom. The van der Waals surface area contributed by atoms with E-state index in [4.69, 9.17) is 4.74 Å². The highest BCUT2D eigenvalue weighted by molar-refractivity contribution is 14.0. The first-order valence-corrected chi connectivity index (χ1v) is 8.14. The van der Waals surface area contributed by atoms with Crippen LogP contribution in [0, 0.1) is 0 Å². The van der Waals surface area contributed by atoms with Gasteiger partial charge >= 0.3 is 0 Å². The topological polar surface area (TPSA) is 76.4 Å². The molecule has 0 spiro atoms. The standard InChI is InChI=1S/C17H26N6O.HI/c1-14(15-8-5-4-6-9-15)24-11-7-10-19-17(18-2)20-12-16-21-13-22-23(16)3;/h4-6,8-9,13-14H,7,10-12H2,1-3H3,(H2,18,19,20);1H. The average molecular weight is 458 g/mol. The van der Waals surface area contributed by atoms with Crippen molar-refractivity contribution in [2.75, 3.05) is 20.2 Å². The van der Waals surface area contributed by atoms with Crippen LogP contribution in [0.3, 0.4) is 0 Å². The van der Waals surface area contributed by atoms with Gasteiger partial charge < -0.3 is 15.4 Å². The number of halogens is 1. The van der Waals surface area contributed by atoms with E-state index >= 15 is 0 Å². The van der Waals surface area contributed by atoms with E-state index in [0.717, 1.165) is 24.7 Å². The van der Waals surface area contributed by atoms with Crippen LogP contribution in [0.15, 0.2) is 41.7 Å². The Morgan fingerprint density at radius 3 is 2.68 bits per heavy atom. The second-order valence-electron chi connectivity index (χ2n) is 5.43. The van der Waals surface area contributed by atoms with Crippen molar-refractivity contribution in [3.05, 3.63) is 48.0 Å². The van der Waals surface area contributed by atoms with Crippen LogP contribution in [-0.2, 0) is 18.3 Å². The highest BCUT2D eigenvalue weighted by Gasteiger charge is 2.05. The fraction of sp³-hybridized carbons (Fsp3) is 0.471. The Hall–Kier alpha value is -1.68. The van der Waals surface area contributed by atoms with Crippen molar-refractivity contribution in [1.29, 1.82) is 0 Å². The maximum Gasteiger partial charge on any atom is 0.191 e. The molecule has 8 heteroatoms. The molecule has 0 saturated carbocycles. The normalized spacial score (nSPS) is 12.4. The molecule has 138 valence electrons. The molecule has 25 heavy (non-hydrogen) atoms. The van der Waals surface area contributed by atoms with Crippen LogP contribution >= 0.6 is 24.0 Å². The third kappa shape index (κ3) is 7.39. The number of benzene rings is 1. The smallest absolute Gasteiger partial charge is 0.191 e. The van der Waals surface area contributed by atoms with E-state index in [1.54, 1.807) is 18.1 Å². The van der Waals surface area contributed by atoms with Gasteiger partial charge in [-0.05, 0) is 18.9 Å². The van der Waals surface area contributed by atoms with Crippen LogP contribution < -0.4 is 10.6 Å². The average Bonchev–Trinajstić information content (AvgIpc) is 3.03. The zero-order chi connectivity index (χ0) is 17.2. The van der Waals surface area contributed by atoms with Crippen molar-refractivity contribution in [2.24, 2.45) is 12.0 Å². The summed E-state index contributed by atoms with van der Waals surface area (Å²) in [6.45, 7) is 4.14. The summed E-state index contributed by atoms with van der Waals surface area (Å²) in [5.41, 5.74) is 1.20. The van der Waals surface area contributed by atoms with E-state index < -0.39 is 0 Å². The van der Waals surface area contributed by atoms with Gasteiger partial charge in [0.1, 0.15) is 12.2 Å². The third-order valence-corrected chi connectivity index (χ3v) is 3.69. The second-order valence-corrected chi connectivity index (χ2v) is 5.43. The van der Waals surface area contributed by atoms with Crippen LogP contribution in [0.2, 0.25) is 0 Å². The van der Waals surface area contributed by atoms with Crippen molar-refractivity contribution >= 4 is 29.9 Å². The van der Waals surface area contributed by atoms with E-state index in [1.807, 2.05) is 25.2 Å². The monoisotopic (exact) mass is 458 g/mol. The lowest BCUT2D eigenvalue weighted by Gasteiger charge is -2.14. The van der Waals surface area contributed by atoms with Gasteiger partial charge in [-0.1, -0.05) is 30.3 Å². The third-order valence-electron chi connectivity index (χ3n) is 3.69. The predicted octanol–water partition coefficient (Wildman–Crippen LogP) is 2.27. The number of ether oxygens (including phenoxy) is 1. The summed E-state index contributed by atoms with van der Waals surface area (Å²) in [6, 6.07) is 10.2. The molecule has 1 atom stereocenters. The maximum atomic E-state index is 5.86. The van der Waals surface area contributed by atoms with Gasteiger partial charge in [0.25, 0.3) is 0 Å².